The molecular formula is C11H17N3S. The maximum atomic E-state index is 4.64. The van der Waals surface area contributed by atoms with Gasteiger partial charge < -0.3 is 5.32 Å². The fourth-order valence-electron chi connectivity index (χ4n) is 1.93. The Balaban J connectivity index is 2.35. The summed E-state index contributed by atoms with van der Waals surface area (Å²) in [5, 5.41) is 3.10. The van der Waals surface area contributed by atoms with Crippen LogP contribution in [-0.4, -0.2) is 28.5 Å². The Labute approximate surface area is 95.1 Å². The molecule has 82 valence electrons. The lowest BCUT2D eigenvalue weighted by Crippen LogP contribution is -2.13. The van der Waals surface area contributed by atoms with Gasteiger partial charge in [0.15, 0.2) is 0 Å². The lowest BCUT2D eigenvalue weighted by Gasteiger charge is -2.09. The van der Waals surface area contributed by atoms with Crippen LogP contribution in [0.4, 0.5) is 0 Å². The van der Waals surface area contributed by atoms with E-state index < -0.39 is 0 Å². The highest BCUT2D eigenvalue weighted by Gasteiger charge is 2.13. The van der Waals surface area contributed by atoms with Crippen LogP contribution < -0.4 is 5.32 Å². The zero-order chi connectivity index (χ0) is 10.7. The first-order chi connectivity index (χ1) is 7.31. The first-order valence-electron chi connectivity index (χ1n) is 5.39. The van der Waals surface area contributed by atoms with E-state index >= 15 is 0 Å². The first kappa shape index (κ1) is 10.9. The molecule has 15 heavy (non-hydrogen) atoms. The number of aryl methyl sites for hydroxylation is 2. The van der Waals surface area contributed by atoms with Crippen molar-refractivity contribution in [2.45, 2.75) is 26.3 Å². The number of aromatic nitrogens is 2. The fourth-order valence-corrected chi connectivity index (χ4v) is 2.82. The second-order valence-electron chi connectivity index (χ2n) is 3.79. The molecule has 0 aromatic carbocycles. The van der Waals surface area contributed by atoms with Crippen LogP contribution in [0.1, 0.15) is 22.8 Å². The molecule has 1 aliphatic rings. The molecule has 1 N–H and O–H groups in total. The van der Waals surface area contributed by atoms with Gasteiger partial charge in [-0.25, -0.2) is 9.97 Å². The molecule has 2 heterocycles. The van der Waals surface area contributed by atoms with Gasteiger partial charge in [-0.05, 0) is 43.9 Å². The summed E-state index contributed by atoms with van der Waals surface area (Å²) in [6, 6.07) is 0. The summed E-state index contributed by atoms with van der Waals surface area (Å²) in [6.07, 6.45) is 2.23. The van der Waals surface area contributed by atoms with E-state index in [0.29, 0.717) is 0 Å². The quantitative estimate of drug-likeness (QED) is 0.821. The number of fused-ring (bicyclic) bond motifs is 1. The van der Waals surface area contributed by atoms with Gasteiger partial charge in [0.2, 0.25) is 0 Å². The summed E-state index contributed by atoms with van der Waals surface area (Å²) in [6.45, 7) is 2.87. The van der Waals surface area contributed by atoms with Gasteiger partial charge in [0, 0.05) is 11.4 Å². The van der Waals surface area contributed by atoms with Crippen molar-refractivity contribution in [3.05, 3.63) is 22.8 Å². The van der Waals surface area contributed by atoms with Gasteiger partial charge in [-0.3, -0.25) is 0 Å². The molecule has 0 saturated carbocycles. The van der Waals surface area contributed by atoms with E-state index in [4.69, 9.17) is 0 Å². The minimum absolute atomic E-state index is 0.765. The smallest absolute Gasteiger partial charge is 0.142 e. The zero-order valence-corrected chi connectivity index (χ0v) is 10.2. The number of nitrogens with zero attached hydrogens (tertiary/aromatic N) is 2. The molecule has 1 aromatic heterocycles. The predicted octanol–water partition coefficient (Wildman–Crippen LogP) is 1.34. The van der Waals surface area contributed by atoms with Crippen molar-refractivity contribution in [2.24, 2.45) is 0 Å². The van der Waals surface area contributed by atoms with E-state index in [9.17, 15) is 0 Å². The number of hydrogen-bond acceptors (Lipinski definition) is 4. The number of thioether (sulfide) groups is 1. The van der Waals surface area contributed by atoms with Crippen LogP contribution >= 0.6 is 11.8 Å². The van der Waals surface area contributed by atoms with Crippen LogP contribution in [0.3, 0.4) is 0 Å². The molecule has 0 saturated heterocycles. The van der Waals surface area contributed by atoms with Crippen LogP contribution in [-0.2, 0) is 19.4 Å². The van der Waals surface area contributed by atoms with Crippen LogP contribution in [0.2, 0.25) is 0 Å². The summed E-state index contributed by atoms with van der Waals surface area (Å²) in [4.78, 5) is 9.17. The molecule has 0 spiro atoms. The molecule has 0 radical (unpaired) electrons. The highest BCUT2D eigenvalue weighted by molar-refractivity contribution is 7.99. The monoisotopic (exact) mass is 223 g/mol. The Kier molecular flexibility index (Phi) is 3.59. The molecule has 3 nitrogen and oxygen atoms in total. The second kappa shape index (κ2) is 4.94. The summed E-state index contributed by atoms with van der Waals surface area (Å²) in [5.74, 6) is 3.34. The molecular weight excluding hydrogens is 206 g/mol. The summed E-state index contributed by atoms with van der Waals surface area (Å²) in [7, 11) is 1.93. The average Bonchev–Trinajstić information content (AvgIpc) is 2.43. The predicted molar refractivity (Wildman–Crippen MR) is 64.3 cm³/mol. The van der Waals surface area contributed by atoms with Crippen molar-refractivity contribution in [3.63, 3.8) is 0 Å². The topological polar surface area (TPSA) is 37.8 Å². The molecule has 1 aliphatic heterocycles. The molecule has 2 rings (SSSR count). The standard InChI is InChI=1S/C11H17N3S/c1-8-9-3-5-15-6-4-10(9)14-11(13-8)7-12-2/h12H,3-7H2,1-2H3. The minimum Gasteiger partial charge on any atom is -0.313 e. The van der Waals surface area contributed by atoms with Gasteiger partial charge in [0.05, 0.1) is 6.54 Å². The highest BCUT2D eigenvalue weighted by Crippen LogP contribution is 2.20. The third-order valence-electron chi connectivity index (χ3n) is 2.66. The van der Waals surface area contributed by atoms with E-state index in [-0.39, 0.29) is 0 Å². The number of nitrogens with one attached hydrogen (secondary N) is 1. The minimum atomic E-state index is 0.765. The lowest BCUT2D eigenvalue weighted by molar-refractivity contribution is 0.734. The van der Waals surface area contributed by atoms with Crippen LogP contribution in [0.15, 0.2) is 0 Å². The van der Waals surface area contributed by atoms with E-state index in [1.165, 1.54) is 28.5 Å². The van der Waals surface area contributed by atoms with Gasteiger partial charge in [-0.2, -0.15) is 11.8 Å². The van der Waals surface area contributed by atoms with Crippen LogP contribution in [0.25, 0.3) is 0 Å². The van der Waals surface area contributed by atoms with E-state index in [1.807, 2.05) is 18.8 Å². The maximum Gasteiger partial charge on any atom is 0.142 e. The highest BCUT2D eigenvalue weighted by atomic mass is 32.2. The molecule has 1 aromatic rings. The van der Waals surface area contributed by atoms with Crippen molar-refractivity contribution >= 4 is 11.8 Å². The van der Waals surface area contributed by atoms with Crippen molar-refractivity contribution in [1.82, 2.24) is 15.3 Å². The normalized spacial score (nSPS) is 15.9. The molecule has 4 heteroatoms. The molecule has 0 aliphatic carbocycles. The van der Waals surface area contributed by atoms with E-state index in [0.717, 1.165) is 25.2 Å². The Bertz CT molecular complexity index is 352. The van der Waals surface area contributed by atoms with Crippen molar-refractivity contribution < 1.29 is 0 Å². The Hall–Kier alpha value is -0.610. The van der Waals surface area contributed by atoms with E-state index in [2.05, 4.69) is 22.2 Å². The van der Waals surface area contributed by atoms with Gasteiger partial charge in [0.25, 0.3) is 0 Å². The molecule has 0 amide bonds. The third-order valence-corrected chi connectivity index (χ3v) is 3.65. The summed E-state index contributed by atoms with van der Waals surface area (Å²) < 4.78 is 0. The fraction of sp³-hybridized carbons (Fsp3) is 0.636. The van der Waals surface area contributed by atoms with E-state index in [1.54, 1.807) is 0 Å². The Morgan fingerprint density at radius 1 is 1.27 bits per heavy atom. The summed E-state index contributed by atoms with van der Waals surface area (Å²) >= 11 is 2.02. The Morgan fingerprint density at radius 2 is 2.07 bits per heavy atom. The molecule has 0 unspecified atom stereocenters. The second-order valence-corrected chi connectivity index (χ2v) is 5.02. The van der Waals surface area contributed by atoms with Gasteiger partial charge in [-0.15, -0.1) is 0 Å². The van der Waals surface area contributed by atoms with Gasteiger partial charge in [0.1, 0.15) is 5.82 Å². The first-order valence-corrected chi connectivity index (χ1v) is 6.54. The molecule has 0 fully saturated rings. The largest absolute Gasteiger partial charge is 0.313 e. The van der Waals surface area contributed by atoms with Gasteiger partial charge in [-0.1, -0.05) is 0 Å². The van der Waals surface area contributed by atoms with Gasteiger partial charge >= 0.3 is 0 Å². The summed E-state index contributed by atoms with van der Waals surface area (Å²) in [5.41, 5.74) is 3.84. The van der Waals surface area contributed by atoms with Crippen molar-refractivity contribution in [3.8, 4) is 0 Å². The molecule has 0 atom stereocenters. The van der Waals surface area contributed by atoms with Crippen molar-refractivity contribution in [2.75, 3.05) is 18.6 Å². The van der Waals surface area contributed by atoms with Crippen LogP contribution in [0, 0.1) is 6.92 Å². The lowest BCUT2D eigenvalue weighted by atomic mass is 10.1. The van der Waals surface area contributed by atoms with Crippen LogP contribution in [0.5, 0.6) is 0 Å². The Morgan fingerprint density at radius 3 is 2.87 bits per heavy atom. The maximum absolute atomic E-state index is 4.64. The van der Waals surface area contributed by atoms with Crippen molar-refractivity contribution in [1.29, 1.82) is 0 Å². The SMILES string of the molecule is CNCc1nc(C)c2c(n1)CCSCC2. The zero-order valence-electron chi connectivity index (χ0n) is 9.34. The molecule has 0 bridgehead atoms. The number of rotatable bonds is 2. The third kappa shape index (κ3) is 2.49. The number of hydrogen-bond donors (Lipinski definition) is 1. The average molecular weight is 223 g/mol.